The summed E-state index contributed by atoms with van der Waals surface area (Å²) in [5.41, 5.74) is 0. The van der Waals surface area contributed by atoms with E-state index in [0.717, 1.165) is 25.9 Å². The van der Waals surface area contributed by atoms with Gasteiger partial charge in [-0.25, -0.2) is 0 Å². The van der Waals surface area contributed by atoms with Gasteiger partial charge in [0.05, 0.1) is 5.97 Å². The molecule has 0 aliphatic carbocycles. The average Bonchev–Trinajstić information content (AvgIpc) is 3.05. The van der Waals surface area contributed by atoms with E-state index in [1.165, 1.54) is 218 Å². The fourth-order valence-electron chi connectivity index (χ4n) is 7.08. The Morgan fingerprint density at radius 2 is 0.553 bits per heavy atom. The number of carbonyl (C=O) groups excluding carboxylic acids is 1. The van der Waals surface area contributed by atoms with Crippen LogP contribution in [0.2, 0.25) is 0 Å². The Kier molecular flexibility index (Phi) is 44.9. The number of hydrogen-bond donors (Lipinski definition) is 0. The Morgan fingerprint density at radius 3 is 0.723 bits per heavy atom. The van der Waals surface area contributed by atoms with E-state index in [1.807, 2.05) is 6.92 Å². The van der Waals surface area contributed by atoms with Crippen LogP contribution in [-0.2, 0) is 4.79 Å². The summed E-state index contributed by atoms with van der Waals surface area (Å²) in [7, 11) is 0. The van der Waals surface area contributed by atoms with Crippen molar-refractivity contribution in [1.82, 2.24) is 4.90 Å². The molecule has 0 rings (SSSR count). The van der Waals surface area contributed by atoms with Crippen molar-refractivity contribution < 1.29 is 39.5 Å². The molecule has 0 heterocycles. The second kappa shape index (κ2) is 42.6. The van der Waals surface area contributed by atoms with Gasteiger partial charge in [-0.3, -0.25) is 4.90 Å². The predicted molar refractivity (Wildman–Crippen MR) is 204 cm³/mol. The van der Waals surface area contributed by atoms with E-state index in [2.05, 4.69) is 18.7 Å². The second-order valence-corrected chi connectivity index (χ2v) is 15.1. The fraction of sp³-hybridized carbons (Fsp3) is 0.977. The molecule has 0 aromatic carbocycles. The maximum absolute atomic E-state index is 11.6. The Morgan fingerprint density at radius 1 is 0.383 bits per heavy atom. The summed E-state index contributed by atoms with van der Waals surface area (Å²) in [5, 5.41) is 11.6. The van der Waals surface area contributed by atoms with E-state index in [9.17, 15) is 9.90 Å². The van der Waals surface area contributed by atoms with Crippen LogP contribution in [0.1, 0.15) is 252 Å². The van der Waals surface area contributed by atoms with Crippen LogP contribution in [-0.4, -0.2) is 30.0 Å². The summed E-state index contributed by atoms with van der Waals surface area (Å²) in [6.07, 6.45) is 49.8. The minimum Gasteiger partial charge on any atom is -0.548 e. The molecule has 0 aliphatic rings. The number of nitrogens with zero attached hydrogens (tertiary/aromatic N) is 1. The number of aliphatic carboxylic acids is 1. The number of rotatable bonds is 40. The molecule has 0 saturated carbocycles. The Labute approximate surface area is 319 Å². The molecule has 0 fully saturated rings. The van der Waals surface area contributed by atoms with Crippen molar-refractivity contribution in [1.29, 1.82) is 0 Å². The van der Waals surface area contributed by atoms with E-state index in [4.69, 9.17) is 0 Å². The molecule has 0 aromatic heterocycles. The molecular weight excluding hydrogens is 585 g/mol. The summed E-state index contributed by atoms with van der Waals surface area (Å²) >= 11 is 0. The number of carboxylic acid groups (broad SMARTS) is 1. The van der Waals surface area contributed by atoms with Gasteiger partial charge in [0.15, 0.2) is 0 Å². The SMILES string of the molecule is CCCCCCCCCCCCCCCCCCCCN(CCCCCCCCCCCCCCCCCCCC)C(C)C(=O)[O-].[Na+]. The van der Waals surface area contributed by atoms with Gasteiger partial charge in [-0.15, -0.1) is 0 Å². The van der Waals surface area contributed by atoms with Crippen molar-refractivity contribution in [3.63, 3.8) is 0 Å². The van der Waals surface area contributed by atoms with Gasteiger partial charge in [-0.05, 0) is 32.9 Å². The Bertz CT molecular complexity index is 546. The third-order valence-corrected chi connectivity index (χ3v) is 10.5. The Hall–Kier alpha value is 0.430. The summed E-state index contributed by atoms with van der Waals surface area (Å²) in [6, 6.07) is -0.461. The first-order valence-corrected chi connectivity index (χ1v) is 21.6. The normalized spacial score (nSPS) is 12.1. The molecule has 3 nitrogen and oxygen atoms in total. The predicted octanol–water partition coefficient (Wildman–Crippen LogP) is 10.5. The second-order valence-electron chi connectivity index (χ2n) is 15.1. The number of unbranched alkanes of at least 4 members (excludes halogenated alkanes) is 34. The van der Waals surface area contributed by atoms with Crippen LogP contribution in [0.3, 0.4) is 0 Å². The molecule has 47 heavy (non-hydrogen) atoms. The van der Waals surface area contributed by atoms with Crippen molar-refractivity contribution in [3.05, 3.63) is 0 Å². The molecule has 4 heteroatoms. The van der Waals surface area contributed by atoms with Crippen LogP contribution in [0.4, 0.5) is 0 Å². The number of hydrogen-bond acceptors (Lipinski definition) is 3. The van der Waals surface area contributed by atoms with Crippen LogP contribution in [0.25, 0.3) is 0 Å². The van der Waals surface area contributed by atoms with Gasteiger partial charge >= 0.3 is 29.6 Å². The van der Waals surface area contributed by atoms with Gasteiger partial charge in [0.2, 0.25) is 0 Å². The molecule has 0 aliphatic heterocycles. The first kappa shape index (κ1) is 49.5. The molecule has 0 spiro atoms. The monoisotopic (exact) mass is 672 g/mol. The van der Waals surface area contributed by atoms with Crippen LogP contribution >= 0.6 is 0 Å². The van der Waals surface area contributed by atoms with Gasteiger partial charge in [-0.2, -0.15) is 0 Å². The number of carboxylic acids is 1. The molecule has 0 amide bonds. The fourth-order valence-corrected chi connectivity index (χ4v) is 7.08. The van der Waals surface area contributed by atoms with Crippen molar-refractivity contribution in [2.45, 2.75) is 258 Å². The average molecular weight is 672 g/mol. The molecule has 0 aromatic rings. The molecule has 0 N–H and O–H groups in total. The zero-order chi connectivity index (χ0) is 33.6. The molecular formula is C43H86NNaO2. The van der Waals surface area contributed by atoms with E-state index < -0.39 is 12.0 Å². The summed E-state index contributed by atoms with van der Waals surface area (Å²) in [6.45, 7) is 8.22. The van der Waals surface area contributed by atoms with Crippen molar-refractivity contribution in [2.24, 2.45) is 0 Å². The first-order valence-electron chi connectivity index (χ1n) is 21.6. The van der Waals surface area contributed by atoms with E-state index >= 15 is 0 Å². The topological polar surface area (TPSA) is 43.4 Å². The molecule has 276 valence electrons. The summed E-state index contributed by atoms with van der Waals surface area (Å²) < 4.78 is 0. The van der Waals surface area contributed by atoms with Gasteiger partial charge in [0.25, 0.3) is 0 Å². The maximum Gasteiger partial charge on any atom is 1.00 e. The van der Waals surface area contributed by atoms with Gasteiger partial charge in [-0.1, -0.05) is 232 Å². The third-order valence-electron chi connectivity index (χ3n) is 10.5. The van der Waals surface area contributed by atoms with Gasteiger partial charge in [0, 0.05) is 6.04 Å². The van der Waals surface area contributed by atoms with Crippen LogP contribution in [0.5, 0.6) is 0 Å². The molecule has 0 saturated heterocycles. The molecule has 0 radical (unpaired) electrons. The Balaban J connectivity index is 0. The van der Waals surface area contributed by atoms with E-state index in [-0.39, 0.29) is 29.6 Å². The largest absolute Gasteiger partial charge is 1.00 e. The van der Waals surface area contributed by atoms with Crippen LogP contribution < -0.4 is 34.7 Å². The minimum atomic E-state index is -0.912. The standard InChI is InChI=1S/C43H87NO2.Na/c1-4-6-8-10-12-14-16-18-20-22-24-26-28-30-32-34-36-38-40-44(42(3)43(45)46)41-39-37-35-33-31-29-27-25-23-21-19-17-15-13-11-9-7-5-2;/h42H,4-41H2,1-3H3,(H,45,46);/q;+1/p-1. The van der Waals surface area contributed by atoms with Crippen molar-refractivity contribution in [3.8, 4) is 0 Å². The third kappa shape index (κ3) is 39.1. The maximum atomic E-state index is 11.6. The summed E-state index contributed by atoms with van der Waals surface area (Å²) in [4.78, 5) is 13.7. The number of carbonyl (C=O) groups is 1. The van der Waals surface area contributed by atoms with Gasteiger partial charge in [0.1, 0.15) is 0 Å². The molecule has 1 atom stereocenters. The van der Waals surface area contributed by atoms with E-state index in [0.29, 0.717) is 0 Å². The van der Waals surface area contributed by atoms with Gasteiger partial charge < -0.3 is 9.90 Å². The van der Waals surface area contributed by atoms with Crippen molar-refractivity contribution >= 4 is 5.97 Å². The first-order chi connectivity index (χ1) is 22.6. The quantitative estimate of drug-likeness (QED) is 0.0481. The minimum absolute atomic E-state index is 0. The zero-order valence-corrected chi connectivity index (χ0v) is 35.2. The van der Waals surface area contributed by atoms with E-state index in [1.54, 1.807) is 0 Å². The van der Waals surface area contributed by atoms with Crippen molar-refractivity contribution in [2.75, 3.05) is 13.1 Å². The summed E-state index contributed by atoms with van der Waals surface area (Å²) in [5.74, 6) is -0.912. The zero-order valence-electron chi connectivity index (χ0n) is 33.2. The van der Waals surface area contributed by atoms with Crippen LogP contribution in [0.15, 0.2) is 0 Å². The smallest absolute Gasteiger partial charge is 0.548 e. The molecule has 1 unspecified atom stereocenters. The van der Waals surface area contributed by atoms with Crippen LogP contribution in [0, 0.1) is 0 Å². The molecule has 0 bridgehead atoms.